The maximum atomic E-state index is 9.64. The van der Waals surface area contributed by atoms with Crippen LogP contribution in [0.1, 0.15) is 18.5 Å². The van der Waals surface area contributed by atoms with E-state index in [4.69, 9.17) is 23.9 Å². The fourth-order valence-corrected chi connectivity index (χ4v) is 3.19. The summed E-state index contributed by atoms with van der Waals surface area (Å²) in [6.45, 7) is 9.27. The number of nitrogens with one attached hydrogen (secondary N) is 1. The molecule has 0 bridgehead atoms. The number of hydrogen-bond donors (Lipinski definition) is 3. The standard InChI is InChI=1S/C19H15ClN8O/c1-11(25-19-17(22-2)18(21)27(29)10-24-19)13-8-15-23-9-14(20)28(15)26-16(13)12-6-4-3-5-7-12/h3-11,29H,1H3,(H2,21,25)/p+1/t11-/m0/s1. The van der Waals surface area contributed by atoms with E-state index in [2.05, 4.69) is 25.2 Å². The average Bonchev–Trinajstić information content (AvgIpc) is 3.10. The number of fused-ring (bicyclic) bond motifs is 1. The van der Waals surface area contributed by atoms with Crippen LogP contribution < -0.4 is 15.8 Å². The van der Waals surface area contributed by atoms with Gasteiger partial charge in [-0.2, -0.15) is 5.10 Å². The summed E-state index contributed by atoms with van der Waals surface area (Å²) in [6, 6.07) is 11.3. The number of aromatic nitrogens is 5. The fraction of sp³-hybridized carbons (Fsp3) is 0.105. The van der Waals surface area contributed by atoms with E-state index in [1.165, 1.54) is 6.20 Å². The summed E-state index contributed by atoms with van der Waals surface area (Å²) in [5.41, 5.74) is 8.86. The Morgan fingerprint density at radius 1 is 1.31 bits per heavy atom. The number of rotatable bonds is 4. The first-order chi connectivity index (χ1) is 14.0. The number of halogens is 1. The Morgan fingerprint density at radius 3 is 2.79 bits per heavy atom. The number of benzene rings is 1. The number of anilines is 2. The van der Waals surface area contributed by atoms with Crippen molar-refractivity contribution < 1.29 is 9.94 Å². The molecule has 144 valence electrons. The second-order valence-corrected chi connectivity index (χ2v) is 6.70. The van der Waals surface area contributed by atoms with Crippen LogP contribution in [0.3, 0.4) is 0 Å². The van der Waals surface area contributed by atoms with Crippen LogP contribution in [0, 0.1) is 6.57 Å². The monoisotopic (exact) mass is 407 g/mol. The predicted octanol–water partition coefficient (Wildman–Crippen LogP) is 3.28. The Bertz CT molecular complexity index is 1250. The Labute approximate surface area is 170 Å². The van der Waals surface area contributed by atoms with Crippen LogP contribution in [-0.2, 0) is 0 Å². The highest BCUT2D eigenvalue weighted by atomic mass is 35.5. The second-order valence-electron chi connectivity index (χ2n) is 6.31. The van der Waals surface area contributed by atoms with Crippen molar-refractivity contribution in [2.45, 2.75) is 13.0 Å². The summed E-state index contributed by atoms with van der Waals surface area (Å²) in [4.78, 5) is 11.8. The third kappa shape index (κ3) is 3.26. The SMILES string of the molecule is [C-]#[N+]c1c(N[C@@H](C)c2cc3ncc(Cl)n3nc2-c2ccccc2)nc[n+](O)c1N. The molecule has 0 fully saturated rings. The van der Waals surface area contributed by atoms with Crippen molar-refractivity contribution in [1.29, 1.82) is 0 Å². The molecule has 0 aliphatic rings. The highest BCUT2D eigenvalue weighted by Crippen LogP contribution is 2.33. The summed E-state index contributed by atoms with van der Waals surface area (Å²) >= 11 is 6.20. The Hall–Kier alpha value is -3.90. The number of hydrogen-bond acceptors (Lipinski definition) is 6. The molecule has 0 saturated heterocycles. The van der Waals surface area contributed by atoms with E-state index in [-0.39, 0.29) is 23.4 Å². The van der Waals surface area contributed by atoms with Crippen molar-refractivity contribution >= 4 is 34.6 Å². The molecule has 3 aromatic heterocycles. The summed E-state index contributed by atoms with van der Waals surface area (Å²) < 4.78 is 2.18. The van der Waals surface area contributed by atoms with Crippen molar-refractivity contribution in [3.63, 3.8) is 0 Å². The van der Waals surface area contributed by atoms with Crippen LogP contribution in [-0.4, -0.2) is 24.8 Å². The van der Waals surface area contributed by atoms with Gasteiger partial charge in [-0.15, -0.1) is 4.98 Å². The van der Waals surface area contributed by atoms with Crippen LogP contribution >= 0.6 is 11.6 Å². The lowest BCUT2D eigenvalue weighted by molar-refractivity contribution is -0.894. The molecule has 0 saturated carbocycles. The van der Waals surface area contributed by atoms with E-state index in [9.17, 15) is 5.21 Å². The van der Waals surface area contributed by atoms with Gasteiger partial charge in [-0.1, -0.05) is 46.7 Å². The Balaban J connectivity index is 1.83. The van der Waals surface area contributed by atoms with Gasteiger partial charge < -0.3 is 16.3 Å². The van der Waals surface area contributed by atoms with Gasteiger partial charge in [0.15, 0.2) is 10.8 Å². The fourth-order valence-electron chi connectivity index (χ4n) is 3.02. The van der Waals surface area contributed by atoms with E-state index in [0.29, 0.717) is 21.2 Å². The first-order valence-electron chi connectivity index (χ1n) is 8.62. The topological polar surface area (TPSA) is 110 Å². The highest BCUT2D eigenvalue weighted by molar-refractivity contribution is 6.29. The smallest absolute Gasteiger partial charge is 0.318 e. The van der Waals surface area contributed by atoms with Gasteiger partial charge in [0.25, 0.3) is 12.1 Å². The van der Waals surface area contributed by atoms with E-state index in [1.807, 2.05) is 43.3 Å². The van der Waals surface area contributed by atoms with Crippen LogP contribution in [0.2, 0.25) is 5.15 Å². The van der Waals surface area contributed by atoms with Crippen LogP contribution in [0.5, 0.6) is 0 Å². The molecule has 0 amide bonds. The Morgan fingerprint density at radius 2 is 2.07 bits per heavy atom. The number of nitrogens with zero attached hydrogens (tertiary/aromatic N) is 6. The molecule has 29 heavy (non-hydrogen) atoms. The van der Waals surface area contributed by atoms with E-state index >= 15 is 0 Å². The maximum Gasteiger partial charge on any atom is 0.318 e. The molecule has 0 unspecified atom stereocenters. The summed E-state index contributed by atoms with van der Waals surface area (Å²) in [5.74, 6) is 0.164. The zero-order chi connectivity index (χ0) is 20.5. The van der Waals surface area contributed by atoms with Crippen molar-refractivity contribution in [3.8, 4) is 11.3 Å². The first-order valence-corrected chi connectivity index (χ1v) is 9.00. The van der Waals surface area contributed by atoms with Crippen molar-refractivity contribution in [1.82, 2.24) is 19.6 Å². The number of imidazole rings is 1. The van der Waals surface area contributed by atoms with Crippen molar-refractivity contribution in [3.05, 3.63) is 71.1 Å². The predicted molar refractivity (Wildman–Crippen MR) is 108 cm³/mol. The van der Waals surface area contributed by atoms with Crippen LogP contribution in [0.25, 0.3) is 21.7 Å². The van der Waals surface area contributed by atoms with E-state index in [0.717, 1.165) is 17.5 Å². The summed E-state index contributed by atoms with van der Waals surface area (Å²) in [5, 5.41) is 17.9. The molecule has 1 atom stereocenters. The molecule has 3 heterocycles. The molecular formula is C19H16ClN8O+. The average molecular weight is 408 g/mol. The molecule has 0 spiro atoms. The largest absolute Gasteiger partial charge is 0.372 e. The van der Waals surface area contributed by atoms with Gasteiger partial charge in [-0.3, -0.25) is 0 Å². The van der Waals surface area contributed by atoms with Crippen molar-refractivity contribution in [2.75, 3.05) is 11.1 Å². The Kier molecular flexibility index (Phi) is 4.62. The lowest BCUT2D eigenvalue weighted by Crippen LogP contribution is -2.34. The molecule has 1 aromatic carbocycles. The second kappa shape index (κ2) is 7.26. The number of nitrogens with two attached hydrogens (primary N) is 1. The number of nitrogen functional groups attached to an aromatic ring is 1. The normalized spacial score (nSPS) is 11.9. The van der Waals surface area contributed by atoms with Crippen molar-refractivity contribution in [2.24, 2.45) is 0 Å². The summed E-state index contributed by atoms with van der Waals surface area (Å²) in [6.07, 6.45) is 2.67. The lowest BCUT2D eigenvalue weighted by atomic mass is 10.0. The lowest BCUT2D eigenvalue weighted by Gasteiger charge is -2.18. The molecule has 0 aliphatic carbocycles. The third-order valence-electron chi connectivity index (χ3n) is 4.47. The zero-order valence-electron chi connectivity index (χ0n) is 15.3. The van der Waals surface area contributed by atoms with E-state index in [1.54, 1.807) is 4.52 Å². The highest BCUT2D eigenvalue weighted by Gasteiger charge is 2.23. The molecule has 0 radical (unpaired) electrons. The van der Waals surface area contributed by atoms with Gasteiger partial charge >= 0.3 is 5.69 Å². The van der Waals surface area contributed by atoms with Gasteiger partial charge in [0.05, 0.1) is 24.5 Å². The van der Waals surface area contributed by atoms with Gasteiger partial charge in [0.1, 0.15) is 0 Å². The maximum absolute atomic E-state index is 9.64. The molecular weight excluding hydrogens is 392 g/mol. The van der Waals surface area contributed by atoms with Crippen LogP contribution in [0.15, 0.2) is 48.9 Å². The molecule has 9 nitrogen and oxygen atoms in total. The molecule has 4 rings (SSSR count). The molecule has 4 N–H and O–H groups in total. The van der Waals surface area contributed by atoms with Gasteiger partial charge in [0, 0.05) is 11.1 Å². The third-order valence-corrected chi connectivity index (χ3v) is 4.73. The van der Waals surface area contributed by atoms with Gasteiger partial charge in [0.2, 0.25) is 5.82 Å². The minimum absolute atomic E-state index is 0.0287. The van der Waals surface area contributed by atoms with Gasteiger partial charge in [-0.25, -0.2) is 14.3 Å². The molecule has 0 aliphatic heterocycles. The minimum atomic E-state index is -0.305. The minimum Gasteiger partial charge on any atom is -0.372 e. The zero-order valence-corrected chi connectivity index (χ0v) is 16.0. The van der Waals surface area contributed by atoms with Gasteiger partial charge in [-0.05, 0) is 13.0 Å². The van der Waals surface area contributed by atoms with E-state index < -0.39 is 0 Å². The first kappa shape index (κ1) is 18.5. The quantitative estimate of drug-likeness (QED) is 0.272. The summed E-state index contributed by atoms with van der Waals surface area (Å²) in [7, 11) is 0. The van der Waals surface area contributed by atoms with Crippen LogP contribution in [0.4, 0.5) is 17.3 Å². The molecule has 10 heteroatoms. The molecule has 4 aromatic rings.